The van der Waals surface area contributed by atoms with Gasteiger partial charge in [0.2, 0.25) is 21.7 Å². The Kier molecular flexibility index (Phi) is 7.52. The van der Waals surface area contributed by atoms with E-state index in [1.165, 1.54) is 0 Å². The number of aromatic nitrogens is 2. The molecular weight excluding hydrogens is 447 g/mol. The van der Waals surface area contributed by atoms with Crippen LogP contribution in [0.4, 0.5) is 13.2 Å². The Morgan fingerprint density at radius 1 is 1.00 bits per heavy atom. The zero-order valence-corrected chi connectivity index (χ0v) is 18.0. The topological polar surface area (TPSA) is 94.3 Å². The minimum atomic E-state index is -4.83. The summed E-state index contributed by atoms with van der Waals surface area (Å²) in [6.45, 7) is 2.19. The summed E-state index contributed by atoms with van der Waals surface area (Å²) in [7, 11) is -3.82. The number of aryl methyl sites for hydroxylation is 2. The number of hydrogen-bond acceptors (Lipinski definition) is 6. The number of alkyl halides is 3. The van der Waals surface area contributed by atoms with E-state index in [2.05, 4.69) is 19.6 Å². The summed E-state index contributed by atoms with van der Waals surface area (Å²) in [6, 6.07) is 11.8. The molecule has 7 nitrogen and oxygen atoms in total. The van der Waals surface area contributed by atoms with Gasteiger partial charge in [-0.2, -0.15) is 4.98 Å². The zero-order valence-electron chi connectivity index (χ0n) is 17.2. The largest absolute Gasteiger partial charge is 0.573 e. The summed E-state index contributed by atoms with van der Waals surface area (Å²) in [5.74, 6) is 0.560. The van der Waals surface area contributed by atoms with Gasteiger partial charge in [-0.25, -0.2) is 13.1 Å². The van der Waals surface area contributed by atoms with E-state index in [1.807, 2.05) is 31.2 Å². The molecule has 0 aliphatic heterocycles. The van der Waals surface area contributed by atoms with Crippen molar-refractivity contribution in [3.63, 3.8) is 0 Å². The van der Waals surface area contributed by atoms with Gasteiger partial charge < -0.3 is 9.26 Å². The standard InChI is InChI=1S/C21H22F3N3O4S/c1-15-6-8-16(9-7-15)20-26-19(31-27-20)5-3-2-4-14-25-32(28,29)18-12-10-17(11-13-18)30-21(22,23)24/h6-13,25H,2-5,14H2,1H3. The summed E-state index contributed by atoms with van der Waals surface area (Å²) < 4.78 is 72.4. The van der Waals surface area contributed by atoms with Crippen LogP contribution in [0.15, 0.2) is 57.9 Å². The second kappa shape index (κ2) is 10.1. The normalized spacial score (nSPS) is 12.1. The molecule has 1 heterocycles. The number of sulfonamides is 1. The van der Waals surface area contributed by atoms with E-state index < -0.39 is 22.1 Å². The average molecular weight is 469 g/mol. The lowest BCUT2D eigenvalue weighted by atomic mass is 10.1. The monoisotopic (exact) mass is 469 g/mol. The summed E-state index contributed by atoms with van der Waals surface area (Å²) in [6.07, 6.45) is -2.22. The van der Waals surface area contributed by atoms with Crippen molar-refractivity contribution >= 4 is 10.0 Å². The lowest BCUT2D eigenvalue weighted by Gasteiger charge is -2.10. The lowest BCUT2D eigenvalue weighted by molar-refractivity contribution is -0.274. The predicted octanol–water partition coefficient (Wildman–Crippen LogP) is 4.63. The maximum absolute atomic E-state index is 12.2. The molecule has 0 amide bonds. The molecule has 0 aliphatic rings. The van der Waals surface area contributed by atoms with E-state index in [0.29, 0.717) is 24.6 Å². The number of rotatable bonds is 10. The van der Waals surface area contributed by atoms with Crippen LogP contribution >= 0.6 is 0 Å². The van der Waals surface area contributed by atoms with Gasteiger partial charge in [0, 0.05) is 18.5 Å². The number of benzene rings is 2. The number of ether oxygens (including phenoxy) is 1. The van der Waals surface area contributed by atoms with Crippen molar-refractivity contribution < 1.29 is 30.8 Å². The summed E-state index contributed by atoms with van der Waals surface area (Å²) in [5, 5.41) is 3.97. The van der Waals surface area contributed by atoms with Crippen molar-refractivity contribution in [1.29, 1.82) is 0 Å². The Hall–Kier alpha value is -2.92. The van der Waals surface area contributed by atoms with Crippen molar-refractivity contribution in [2.24, 2.45) is 0 Å². The third-order valence-corrected chi connectivity index (χ3v) is 5.98. The smallest absolute Gasteiger partial charge is 0.406 e. The van der Waals surface area contributed by atoms with Gasteiger partial charge in [0.15, 0.2) is 0 Å². The SMILES string of the molecule is Cc1ccc(-c2noc(CCCCCNS(=O)(=O)c3ccc(OC(F)(F)F)cc3)n2)cc1. The summed E-state index contributed by atoms with van der Waals surface area (Å²) in [4.78, 5) is 4.23. The third kappa shape index (κ3) is 7.06. The van der Waals surface area contributed by atoms with Crippen LogP contribution in [0, 0.1) is 6.92 Å². The molecule has 0 saturated heterocycles. The fraction of sp³-hybridized carbons (Fsp3) is 0.333. The molecule has 0 fully saturated rings. The first-order valence-electron chi connectivity index (χ1n) is 9.87. The Labute approximate surface area is 183 Å². The molecule has 2 aromatic carbocycles. The fourth-order valence-electron chi connectivity index (χ4n) is 2.86. The van der Waals surface area contributed by atoms with E-state index >= 15 is 0 Å². The van der Waals surface area contributed by atoms with Crippen LogP contribution < -0.4 is 9.46 Å². The number of hydrogen-bond donors (Lipinski definition) is 1. The van der Waals surface area contributed by atoms with Gasteiger partial charge in [0.25, 0.3) is 0 Å². The quantitative estimate of drug-likeness (QED) is 0.435. The lowest BCUT2D eigenvalue weighted by Crippen LogP contribution is -2.24. The van der Waals surface area contributed by atoms with Crippen LogP contribution in [0.5, 0.6) is 5.75 Å². The van der Waals surface area contributed by atoms with Gasteiger partial charge >= 0.3 is 6.36 Å². The van der Waals surface area contributed by atoms with Gasteiger partial charge in [0.05, 0.1) is 4.90 Å². The molecule has 172 valence electrons. The van der Waals surface area contributed by atoms with Gasteiger partial charge in [-0.3, -0.25) is 0 Å². The number of halogens is 3. The molecule has 0 aliphatic carbocycles. The molecule has 1 N–H and O–H groups in total. The van der Waals surface area contributed by atoms with E-state index in [0.717, 1.165) is 48.2 Å². The van der Waals surface area contributed by atoms with Crippen molar-refractivity contribution in [3.05, 3.63) is 60.0 Å². The second-order valence-corrected chi connectivity index (χ2v) is 8.87. The third-order valence-electron chi connectivity index (χ3n) is 4.50. The number of nitrogens with one attached hydrogen (secondary N) is 1. The number of nitrogens with zero attached hydrogens (tertiary/aromatic N) is 2. The highest BCUT2D eigenvalue weighted by molar-refractivity contribution is 7.89. The Morgan fingerprint density at radius 2 is 1.69 bits per heavy atom. The molecule has 0 bridgehead atoms. The van der Waals surface area contributed by atoms with Crippen molar-refractivity contribution in [2.75, 3.05) is 6.54 Å². The van der Waals surface area contributed by atoms with Crippen molar-refractivity contribution in [3.8, 4) is 17.1 Å². The predicted molar refractivity (Wildman–Crippen MR) is 110 cm³/mol. The van der Waals surface area contributed by atoms with Crippen LogP contribution in [0.1, 0.15) is 30.7 Å². The highest BCUT2D eigenvalue weighted by atomic mass is 32.2. The van der Waals surface area contributed by atoms with Crippen LogP contribution in [0.25, 0.3) is 11.4 Å². The first kappa shape index (κ1) is 23.7. The molecule has 1 aromatic heterocycles. The zero-order chi connectivity index (χ0) is 23.2. The highest BCUT2D eigenvalue weighted by Gasteiger charge is 2.31. The molecule has 0 spiro atoms. The first-order chi connectivity index (χ1) is 15.1. The van der Waals surface area contributed by atoms with E-state index in [1.54, 1.807) is 0 Å². The van der Waals surface area contributed by atoms with Gasteiger partial charge in [-0.1, -0.05) is 41.4 Å². The Morgan fingerprint density at radius 3 is 2.34 bits per heavy atom. The number of unbranched alkanes of at least 4 members (excludes halogenated alkanes) is 2. The summed E-state index contributed by atoms with van der Waals surface area (Å²) in [5.41, 5.74) is 2.01. The second-order valence-electron chi connectivity index (χ2n) is 7.11. The molecule has 3 aromatic rings. The van der Waals surface area contributed by atoms with Crippen molar-refractivity contribution in [1.82, 2.24) is 14.9 Å². The van der Waals surface area contributed by atoms with Crippen LogP contribution in [-0.2, 0) is 16.4 Å². The van der Waals surface area contributed by atoms with Crippen LogP contribution in [0.2, 0.25) is 0 Å². The minimum absolute atomic E-state index is 0.137. The molecule has 0 radical (unpaired) electrons. The molecular formula is C21H22F3N3O4S. The molecule has 32 heavy (non-hydrogen) atoms. The summed E-state index contributed by atoms with van der Waals surface area (Å²) >= 11 is 0. The van der Waals surface area contributed by atoms with Crippen molar-refractivity contribution in [2.45, 2.75) is 43.9 Å². The molecule has 11 heteroatoms. The first-order valence-corrected chi connectivity index (χ1v) is 11.4. The van der Waals surface area contributed by atoms with E-state index in [9.17, 15) is 21.6 Å². The van der Waals surface area contributed by atoms with Gasteiger partial charge in [-0.05, 0) is 44.0 Å². The molecule has 3 rings (SSSR count). The minimum Gasteiger partial charge on any atom is -0.406 e. The molecule has 0 saturated carbocycles. The van der Waals surface area contributed by atoms with Crippen LogP contribution in [0.3, 0.4) is 0 Å². The van der Waals surface area contributed by atoms with E-state index in [-0.39, 0.29) is 11.4 Å². The van der Waals surface area contributed by atoms with Crippen LogP contribution in [-0.4, -0.2) is 31.5 Å². The maximum atomic E-state index is 12.2. The fourth-order valence-corrected chi connectivity index (χ4v) is 3.94. The Bertz CT molecular complexity index is 1110. The maximum Gasteiger partial charge on any atom is 0.573 e. The highest BCUT2D eigenvalue weighted by Crippen LogP contribution is 2.24. The Balaban J connectivity index is 1.39. The van der Waals surface area contributed by atoms with Gasteiger partial charge in [-0.15, -0.1) is 13.2 Å². The van der Waals surface area contributed by atoms with Gasteiger partial charge in [0.1, 0.15) is 5.75 Å². The average Bonchev–Trinajstić information content (AvgIpc) is 3.19. The molecule has 0 atom stereocenters. The van der Waals surface area contributed by atoms with E-state index in [4.69, 9.17) is 4.52 Å². The molecule has 0 unspecified atom stereocenters.